The van der Waals surface area contributed by atoms with Gasteiger partial charge in [-0.2, -0.15) is 5.10 Å². The van der Waals surface area contributed by atoms with Crippen molar-refractivity contribution < 1.29 is 9.53 Å². The predicted molar refractivity (Wildman–Crippen MR) is 91.1 cm³/mol. The molecule has 0 aliphatic carbocycles. The molecule has 2 rings (SSSR count). The second kappa shape index (κ2) is 7.13. The molecule has 0 atom stereocenters. The molecule has 1 heterocycles. The fraction of sp³-hybridized carbons (Fsp3) is 0.286. The van der Waals surface area contributed by atoms with Gasteiger partial charge in [-0.1, -0.05) is 34.8 Å². The molecule has 0 unspecified atom stereocenters. The van der Waals surface area contributed by atoms with Crippen LogP contribution in [0.3, 0.4) is 0 Å². The molecule has 0 amide bonds. The lowest BCUT2D eigenvalue weighted by molar-refractivity contribution is 0.0521. The van der Waals surface area contributed by atoms with Crippen LogP contribution in [0, 0.1) is 6.92 Å². The third-order valence-corrected chi connectivity index (χ3v) is 4.76. The number of aromatic nitrogens is 2. The highest BCUT2D eigenvalue weighted by molar-refractivity contribution is 7.98. The fourth-order valence-corrected chi connectivity index (χ4v) is 3.27. The number of hydrogen-bond acceptors (Lipinski definition) is 4. The summed E-state index contributed by atoms with van der Waals surface area (Å²) in [6, 6.07) is 3.24. The molecule has 4 nitrogen and oxygen atoms in total. The number of benzene rings is 1. The Morgan fingerprint density at radius 2 is 1.95 bits per heavy atom. The van der Waals surface area contributed by atoms with Crippen LogP contribution in [0.4, 0.5) is 0 Å². The maximum Gasteiger partial charge on any atom is 0.342 e. The molecule has 0 radical (unpaired) electrons. The van der Waals surface area contributed by atoms with Gasteiger partial charge in [-0.3, -0.25) is 0 Å². The van der Waals surface area contributed by atoms with Gasteiger partial charge in [0.25, 0.3) is 0 Å². The zero-order valence-electron chi connectivity index (χ0n) is 12.1. The summed E-state index contributed by atoms with van der Waals surface area (Å²) in [5, 5.41) is 5.99. The van der Waals surface area contributed by atoms with Crippen molar-refractivity contribution in [1.82, 2.24) is 9.78 Å². The van der Waals surface area contributed by atoms with Gasteiger partial charge < -0.3 is 4.74 Å². The van der Waals surface area contributed by atoms with Crippen molar-refractivity contribution in [1.29, 1.82) is 0 Å². The molecule has 22 heavy (non-hydrogen) atoms. The minimum Gasteiger partial charge on any atom is -0.462 e. The highest BCUT2D eigenvalue weighted by Crippen LogP contribution is 2.36. The maximum absolute atomic E-state index is 12.1. The number of hydrogen-bond donors (Lipinski definition) is 0. The second-order valence-corrected chi connectivity index (χ2v) is 6.28. The zero-order chi connectivity index (χ0) is 16.4. The monoisotopic (exact) mass is 378 g/mol. The summed E-state index contributed by atoms with van der Waals surface area (Å²) < 4.78 is 6.61. The molecule has 0 aliphatic heterocycles. The molecule has 1 aromatic heterocycles. The third-order valence-electron chi connectivity index (χ3n) is 2.99. The lowest BCUT2D eigenvalue weighted by atomic mass is 10.2. The summed E-state index contributed by atoms with van der Waals surface area (Å²) in [4.78, 5) is 12.1. The van der Waals surface area contributed by atoms with Crippen molar-refractivity contribution in [2.24, 2.45) is 0 Å². The number of ether oxygens (including phenoxy) is 1. The summed E-state index contributed by atoms with van der Waals surface area (Å²) in [6.45, 7) is 3.80. The van der Waals surface area contributed by atoms with Gasteiger partial charge in [-0.25, -0.2) is 9.48 Å². The van der Waals surface area contributed by atoms with Crippen molar-refractivity contribution >= 4 is 52.5 Å². The summed E-state index contributed by atoms with van der Waals surface area (Å²) in [6.07, 6.45) is 1.83. The molecule has 0 spiro atoms. The number of carbonyl (C=O) groups is 1. The van der Waals surface area contributed by atoms with Gasteiger partial charge in [-0.15, -0.1) is 11.8 Å². The lowest BCUT2D eigenvalue weighted by Gasteiger charge is -2.10. The van der Waals surface area contributed by atoms with Gasteiger partial charge in [0.05, 0.1) is 27.4 Å². The van der Waals surface area contributed by atoms with Crippen LogP contribution in [0.2, 0.25) is 15.1 Å². The summed E-state index contributed by atoms with van der Waals surface area (Å²) >= 11 is 19.9. The van der Waals surface area contributed by atoms with Crippen LogP contribution in [0.15, 0.2) is 17.2 Å². The summed E-state index contributed by atoms with van der Waals surface area (Å²) in [5.41, 5.74) is 1.44. The van der Waals surface area contributed by atoms with Crippen molar-refractivity contribution in [3.05, 3.63) is 38.5 Å². The first-order valence-corrected chi connectivity index (χ1v) is 8.72. The Morgan fingerprint density at radius 1 is 1.32 bits per heavy atom. The molecule has 2 aromatic rings. The van der Waals surface area contributed by atoms with E-state index in [0.29, 0.717) is 32.0 Å². The van der Waals surface area contributed by atoms with Crippen LogP contribution in [0.1, 0.15) is 23.0 Å². The van der Waals surface area contributed by atoms with E-state index < -0.39 is 5.97 Å². The van der Waals surface area contributed by atoms with Crippen molar-refractivity contribution in [3.63, 3.8) is 0 Å². The van der Waals surface area contributed by atoms with Crippen molar-refractivity contribution in [3.8, 4) is 5.69 Å². The first-order valence-electron chi connectivity index (χ1n) is 6.36. The Hall–Kier alpha value is -0.880. The fourth-order valence-electron chi connectivity index (χ4n) is 1.99. The normalized spacial score (nSPS) is 10.8. The molecule has 0 saturated carbocycles. The molecule has 0 N–H and O–H groups in total. The minimum atomic E-state index is -0.426. The number of esters is 1. The summed E-state index contributed by atoms with van der Waals surface area (Å²) in [7, 11) is 0. The first kappa shape index (κ1) is 17.5. The van der Waals surface area contributed by atoms with Gasteiger partial charge in [0.15, 0.2) is 0 Å². The highest BCUT2D eigenvalue weighted by atomic mass is 35.5. The second-order valence-electron chi connectivity index (χ2n) is 4.29. The molecular weight excluding hydrogens is 367 g/mol. The molecular formula is C14H13Cl3N2O2S. The van der Waals surface area contributed by atoms with E-state index in [4.69, 9.17) is 39.5 Å². The topological polar surface area (TPSA) is 44.1 Å². The van der Waals surface area contributed by atoms with Crippen LogP contribution in [-0.2, 0) is 4.74 Å². The van der Waals surface area contributed by atoms with E-state index in [-0.39, 0.29) is 11.6 Å². The Kier molecular flexibility index (Phi) is 5.66. The van der Waals surface area contributed by atoms with Crippen LogP contribution < -0.4 is 0 Å². The number of rotatable bonds is 4. The first-order chi connectivity index (χ1) is 10.4. The van der Waals surface area contributed by atoms with Crippen molar-refractivity contribution in [2.45, 2.75) is 18.9 Å². The molecule has 1 aromatic carbocycles. The van der Waals surface area contributed by atoms with Crippen molar-refractivity contribution in [2.75, 3.05) is 12.9 Å². The highest BCUT2D eigenvalue weighted by Gasteiger charge is 2.25. The Morgan fingerprint density at radius 3 is 2.55 bits per heavy atom. The number of carbonyl (C=O) groups excluding carboxylic acids is 1. The van der Waals surface area contributed by atoms with E-state index >= 15 is 0 Å². The Balaban J connectivity index is 2.69. The Labute approximate surface area is 147 Å². The van der Waals surface area contributed by atoms with E-state index in [2.05, 4.69) is 5.10 Å². The van der Waals surface area contributed by atoms with E-state index in [9.17, 15) is 4.79 Å². The van der Waals surface area contributed by atoms with Gasteiger partial charge in [-0.05, 0) is 32.2 Å². The molecule has 0 bridgehead atoms. The Bertz CT molecular complexity index is 731. The minimum absolute atomic E-state index is 0.280. The quantitative estimate of drug-likeness (QED) is 0.424. The number of nitrogens with zero attached hydrogens (tertiary/aromatic N) is 2. The third kappa shape index (κ3) is 3.08. The van der Waals surface area contributed by atoms with Gasteiger partial charge in [0, 0.05) is 0 Å². The van der Waals surface area contributed by atoms with Gasteiger partial charge in [0.2, 0.25) is 0 Å². The van der Waals surface area contributed by atoms with Crippen LogP contribution in [0.25, 0.3) is 5.69 Å². The SMILES string of the molecule is CCOC(=O)c1c(SC)nn(-c2c(Cl)ccc(Cl)c2Cl)c1C. The van der Waals surface area contributed by atoms with Gasteiger partial charge >= 0.3 is 5.97 Å². The van der Waals surface area contributed by atoms with E-state index in [0.717, 1.165) is 0 Å². The number of halogens is 3. The predicted octanol–water partition coefficient (Wildman–Crippen LogP) is 5.04. The lowest BCUT2D eigenvalue weighted by Crippen LogP contribution is -2.08. The number of thioether (sulfide) groups is 1. The van der Waals surface area contributed by atoms with Crippen LogP contribution in [0.5, 0.6) is 0 Å². The van der Waals surface area contributed by atoms with Crippen LogP contribution >= 0.6 is 46.6 Å². The summed E-state index contributed by atoms with van der Waals surface area (Å²) in [5.74, 6) is -0.426. The average Bonchev–Trinajstić information content (AvgIpc) is 2.81. The largest absolute Gasteiger partial charge is 0.462 e. The molecule has 8 heteroatoms. The van der Waals surface area contributed by atoms with E-state index in [1.165, 1.54) is 16.4 Å². The maximum atomic E-state index is 12.1. The standard InChI is InChI=1S/C14H13Cl3N2O2S/c1-4-21-14(20)10-7(2)19(18-13(10)22-3)12-9(16)6-5-8(15)11(12)17/h5-6H,4H2,1-3H3. The van der Waals surface area contributed by atoms with Gasteiger partial charge in [0.1, 0.15) is 16.3 Å². The molecule has 0 aliphatic rings. The zero-order valence-corrected chi connectivity index (χ0v) is 15.2. The molecule has 0 saturated heterocycles. The van der Waals surface area contributed by atoms with Crippen LogP contribution in [-0.4, -0.2) is 28.6 Å². The van der Waals surface area contributed by atoms with E-state index in [1.807, 2.05) is 6.26 Å². The van der Waals surface area contributed by atoms with E-state index in [1.54, 1.807) is 26.0 Å². The molecule has 0 fully saturated rings. The average molecular weight is 380 g/mol. The smallest absolute Gasteiger partial charge is 0.342 e. The molecule has 118 valence electrons.